The summed E-state index contributed by atoms with van der Waals surface area (Å²) in [6.07, 6.45) is 1.81. The molecule has 2 amide bonds. The van der Waals surface area contributed by atoms with Gasteiger partial charge >= 0.3 is 11.8 Å². The highest BCUT2D eigenvalue weighted by molar-refractivity contribution is 6.39. The Morgan fingerprint density at radius 3 is 2.79 bits per heavy atom. The van der Waals surface area contributed by atoms with Crippen LogP contribution in [0.1, 0.15) is 40.3 Å². The zero-order chi connectivity index (χ0) is 19.7. The van der Waals surface area contributed by atoms with Crippen LogP contribution in [0.5, 0.6) is 0 Å². The van der Waals surface area contributed by atoms with Crippen LogP contribution >= 0.6 is 0 Å². The van der Waals surface area contributed by atoms with E-state index in [1.165, 1.54) is 6.07 Å². The van der Waals surface area contributed by atoms with Gasteiger partial charge in [-0.05, 0) is 65.8 Å². The number of hydrogen-bond acceptors (Lipinski definition) is 4. The van der Waals surface area contributed by atoms with Gasteiger partial charge in [0.15, 0.2) is 0 Å². The Morgan fingerprint density at radius 1 is 1.11 bits per heavy atom. The summed E-state index contributed by atoms with van der Waals surface area (Å²) in [6.45, 7) is 1.31. The van der Waals surface area contributed by atoms with E-state index in [-0.39, 0.29) is 18.5 Å². The third-order valence-electron chi connectivity index (χ3n) is 5.53. The zero-order valence-corrected chi connectivity index (χ0v) is 15.3. The molecule has 6 nitrogen and oxygen atoms in total. The van der Waals surface area contributed by atoms with E-state index in [1.54, 1.807) is 24.3 Å². The number of halogens is 1. The van der Waals surface area contributed by atoms with Crippen LogP contribution in [0.15, 0.2) is 30.3 Å². The fourth-order valence-electron chi connectivity index (χ4n) is 4.10. The van der Waals surface area contributed by atoms with E-state index in [2.05, 4.69) is 16.0 Å². The number of fused-ring (bicyclic) bond motifs is 2. The molecule has 0 saturated carbocycles. The lowest BCUT2D eigenvalue weighted by Gasteiger charge is -2.23. The molecule has 2 aromatic rings. The number of amides is 2. The quantitative estimate of drug-likeness (QED) is 0.608. The molecule has 0 bridgehead atoms. The Morgan fingerprint density at radius 2 is 1.96 bits per heavy atom. The van der Waals surface area contributed by atoms with Gasteiger partial charge in [0.2, 0.25) is 0 Å². The van der Waals surface area contributed by atoms with E-state index in [1.807, 2.05) is 0 Å². The fraction of sp³-hybridized carbons (Fsp3) is 0.333. The van der Waals surface area contributed by atoms with Crippen molar-refractivity contribution in [1.82, 2.24) is 10.6 Å². The van der Waals surface area contributed by atoms with Gasteiger partial charge in [0.25, 0.3) is 0 Å². The summed E-state index contributed by atoms with van der Waals surface area (Å²) in [7, 11) is 0. The van der Waals surface area contributed by atoms with E-state index in [4.69, 9.17) is 0 Å². The number of carbonyl (C=O) groups excluding carboxylic acids is 2. The van der Waals surface area contributed by atoms with Gasteiger partial charge in [-0.15, -0.1) is 0 Å². The number of nitrogens with one attached hydrogen (secondary N) is 3. The van der Waals surface area contributed by atoms with Gasteiger partial charge in [-0.1, -0.05) is 18.2 Å². The number of anilines is 1. The molecule has 28 heavy (non-hydrogen) atoms. The lowest BCUT2D eigenvalue weighted by molar-refractivity contribution is -0.136. The smallest absolute Gasteiger partial charge is 0.313 e. The molecule has 1 heterocycles. The van der Waals surface area contributed by atoms with Gasteiger partial charge in [-0.2, -0.15) is 0 Å². The second kappa shape index (κ2) is 7.69. The third-order valence-corrected chi connectivity index (χ3v) is 5.53. The van der Waals surface area contributed by atoms with E-state index in [0.717, 1.165) is 28.8 Å². The molecule has 2 aromatic carbocycles. The van der Waals surface area contributed by atoms with E-state index >= 15 is 0 Å². The summed E-state index contributed by atoms with van der Waals surface area (Å²) in [5.74, 6) is -1.76. The maximum absolute atomic E-state index is 13.9. The summed E-state index contributed by atoms with van der Waals surface area (Å²) < 4.78 is 13.9. The molecule has 0 radical (unpaired) electrons. The van der Waals surface area contributed by atoms with Crippen LogP contribution in [0, 0.1) is 5.82 Å². The minimum absolute atomic E-state index is 0.0730. The summed E-state index contributed by atoms with van der Waals surface area (Å²) in [4.78, 5) is 24.9. The number of hydrogen-bond donors (Lipinski definition) is 4. The van der Waals surface area contributed by atoms with Gasteiger partial charge in [0, 0.05) is 12.2 Å². The minimum Gasteiger partial charge on any atom is -0.392 e. The van der Waals surface area contributed by atoms with Crippen LogP contribution in [0.25, 0.3) is 0 Å². The molecule has 0 saturated heterocycles. The highest BCUT2D eigenvalue weighted by Crippen LogP contribution is 2.32. The molecular formula is C21H22FN3O3. The van der Waals surface area contributed by atoms with Crippen LogP contribution in [-0.4, -0.2) is 23.5 Å². The number of rotatable bonds is 3. The zero-order valence-electron chi connectivity index (χ0n) is 15.3. The van der Waals surface area contributed by atoms with Crippen molar-refractivity contribution < 1.29 is 19.1 Å². The molecule has 7 heteroatoms. The van der Waals surface area contributed by atoms with Crippen LogP contribution in [-0.2, 0) is 35.6 Å². The van der Waals surface area contributed by atoms with E-state index in [0.29, 0.717) is 37.1 Å². The molecule has 2 aliphatic rings. The van der Waals surface area contributed by atoms with Crippen LogP contribution in [0.2, 0.25) is 0 Å². The molecule has 146 valence electrons. The van der Waals surface area contributed by atoms with Crippen LogP contribution in [0.4, 0.5) is 10.1 Å². The number of benzene rings is 2. The van der Waals surface area contributed by atoms with Crippen molar-refractivity contribution in [2.24, 2.45) is 0 Å². The molecule has 4 N–H and O–H groups in total. The molecule has 0 spiro atoms. The minimum atomic E-state index is -0.748. The normalized spacial score (nSPS) is 17.6. The molecule has 1 aliphatic heterocycles. The molecule has 1 unspecified atom stereocenters. The van der Waals surface area contributed by atoms with E-state index in [9.17, 15) is 19.1 Å². The third kappa shape index (κ3) is 3.39. The fourth-order valence-corrected chi connectivity index (χ4v) is 4.10. The molecular weight excluding hydrogens is 361 g/mol. The predicted molar refractivity (Wildman–Crippen MR) is 102 cm³/mol. The molecule has 1 atom stereocenters. The molecule has 4 rings (SSSR count). The first-order valence-electron chi connectivity index (χ1n) is 9.43. The van der Waals surface area contributed by atoms with Crippen molar-refractivity contribution >= 4 is 17.5 Å². The summed E-state index contributed by atoms with van der Waals surface area (Å²) in [5.41, 5.74) is 4.65. The Bertz CT molecular complexity index is 945. The van der Waals surface area contributed by atoms with Gasteiger partial charge in [0.05, 0.1) is 12.6 Å². The van der Waals surface area contributed by atoms with Crippen molar-refractivity contribution in [2.45, 2.75) is 38.5 Å². The molecule has 1 aliphatic carbocycles. The number of aliphatic hydroxyl groups is 1. The molecule has 0 fully saturated rings. The SMILES string of the molecule is O=C(Nc1ccc(CO)c2c1CCNC2)C(=O)NC1CCc2c(F)cccc21. The lowest BCUT2D eigenvalue weighted by atomic mass is 9.94. The van der Waals surface area contributed by atoms with E-state index < -0.39 is 11.8 Å². The average molecular weight is 383 g/mol. The summed E-state index contributed by atoms with van der Waals surface area (Å²) >= 11 is 0. The average Bonchev–Trinajstić information content (AvgIpc) is 3.12. The Kier molecular flexibility index (Phi) is 5.11. The van der Waals surface area contributed by atoms with Crippen molar-refractivity contribution in [3.8, 4) is 0 Å². The predicted octanol–water partition coefficient (Wildman–Crippen LogP) is 1.71. The van der Waals surface area contributed by atoms with Crippen molar-refractivity contribution in [2.75, 3.05) is 11.9 Å². The van der Waals surface area contributed by atoms with Crippen molar-refractivity contribution in [3.63, 3.8) is 0 Å². The van der Waals surface area contributed by atoms with Gasteiger partial charge < -0.3 is 21.1 Å². The highest BCUT2D eigenvalue weighted by atomic mass is 19.1. The number of aliphatic hydroxyl groups excluding tert-OH is 1. The highest BCUT2D eigenvalue weighted by Gasteiger charge is 2.28. The van der Waals surface area contributed by atoms with Crippen LogP contribution < -0.4 is 16.0 Å². The second-order valence-corrected chi connectivity index (χ2v) is 7.14. The first-order valence-corrected chi connectivity index (χ1v) is 9.43. The summed E-state index contributed by atoms with van der Waals surface area (Å²) in [6, 6.07) is 7.92. The molecule has 0 aromatic heterocycles. The van der Waals surface area contributed by atoms with Gasteiger partial charge in [0.1, 0.15) is 5.82 Å². The maximum atomic E-state index is 13.9. The first-order chi connectivity index (χ1) is 13.6. The van der Waals surface area contributed by atoms with Gasteiger partial charge in [-0.3, -0.25) is 9.59 Å². The van der Waals surface area contributed by atoms with Crippen molar-refractivity contribution in [1.29, 1.82) is 0 Å². The van der Waals surface area contributed by atoms with Crippen LogP contribution in [0.3, 0.4) is 0 Å². The largest absolute Gasteiger partial charge is 0.392 e. The Labute approximate surface area is 162 Å². The monoisotopic (exact) mass is 383 g/mol. The number of carbonyl (C=O) groups is 2. The maximum Gasteiger partial charge on any atom is 0.313 e. The Hall–Kier alpha value is -2.77. The lowest BCUT2D eigenvalue weighted by Crippen LogP contribution is -2.37. The van der Waals surface area contributed by atoms with Crippen molar-refractivity contribution in [3.05, 3.63) is 64.0 Å². The van der Waals surface area contributed by atoms with Gasteiger partial charge in [-0.25, -0.2) is 4.39 Å². The topological polar surface area (TPSA) is 90.5 Å². The second-order valence-electron chi connectivity index (χ2n) is 7.14. The Balaban J connectivity index is 1.48. The first kappa shape index (κ1) is 18.6. The standard InChI is InChI=1S/C21H22FN3O3/c22-17-3-1-2-14-13(17)5-7-19(14)25-21(28)20(27)24-18-6-4-12(11-26)16-10-23-9-8-15(16)18/h1-4,6,19,23,26H,5,7-11H2,(H,24,27)(H,25,28). The summed E-state index contributed by atoms with van der Waals surface area (Å²) in [5, 5.41) is 18.2.